The second kappa shape index (κ2) is 3.53. The van der Waals surface area contributed by atoms with Crippen LogP contribution in [0.3, 0.4) is 0 Å². The molecule has 0 unspecified atom stereocenters. The number of nitrogens with zero attached hydrogens (tertiary/aromatic N) is 2. The number of hydrogen-bond acceptors (Lipinski definition) is 4. The van der Waals surface area contributed by atoms with Gasteiger partial charge in [-0.2, -0.15) is 5.10 Å². The Morgan fingerprint density at radius 2 is 2.31 bits per heavy atom. The molecule has 2 heterocycles. The Morgan fingerprint density at radius 1 is 1.38 bits per heavy atom. The number of benzene rings is 1. The van der Waals surface area contributed by atoms with E-state index in [2.05, 4.69) is 15.2 Å². The summed E-state index contributed by atoms with van der Waals surface area (Å²) in [5.74, 6) is 0. The van der Waals surface area contributed by atoms with Crippen LogP contribution in [0.5, 0.6) is 0 Å². The molecule has 78 valence electrons. The van der Waals surface area contributed by atoms with Crippen LogP contribution < -0.4 is 0 Å². The molecule has 0 atom stereocenters. The van der Waals surface area contributed by atoms with Gasteiger partial charge in [0.2, 0.25) is 0 Å². The Hall–Kier alpha value is -2.01. The van der Waals surface area contributed by atoms with Gasteiger partial charge in [-0.15, -0.1) is 11.3 Å². The average Bonchev–Trinajstić information content (AvgIpc) is 2.97. The number of aldehydes is 1. The molecule has 0 saturated heterocycles. The molecule has 4 nitrogen and oxygen atoms in total. The van der Waals surface area contributed by atoms with Crippen molar-refractivity contribution in [1.29, 1.82) is 0 Å². The van der Waals surface area contributed by atoms with Crippen LogP contribution in [0.25, 0.3) is 21.5 Å². The smallest absolute Gasteiger partial charge is 0.170 e. The number of aromatic nitrogens is 3. The van der Waals surface area contributed by atoms with Gasteiger partial charge in [-0.05, 0) is 12.1 Å². The van der Waals surface area contributed by atoms with Crippen LogP contribution in [0.4, 0.5) is 0 Å². The van der Waals surface area contributed by atoms with E-state index in [1.54, 1.807) is 17.5 Å². The van der Waals surface area contributed by atoms with E-state index in [9.17, 15) is 4.79 Å². The highest BCUT2D eigenvalue weighted by atomic mass is 32.1. The summed E-state index contributed by atoms with van der Waals surface area (Å²) in [6.45, 7) is 0. The van der Waals surface area contributed by atoms with Crippen molar-refractivity contribution in [3.8, 4) is 10.6 Å². The van der Waals surface area contributed by atoms with Gasteiger partial charge in [-0.25, -0.2) is 4.98 Å². The summed E-state index contributed by atoms with van der Waals surface area (Å²) in [6.07, 6.45) is 2.52. The van der Waals surface area contributed by atoms with Gasteiger partial charge in [-0.1, -0.05) is 6.07 Å². The molecule has 0 aliphatic heterocycles. The molecule has 1 N–H and O–H groups in total. The van der Waals surface area contributed by atoms with Crippen LogP contribution in [-0.2, 0) is 0 Å². The highest BCUT2D eigenvalue weighted by Gasteiger charge is 2.07. The molecule has 5 heteroatoms. The first-order chi connectivity index (χ1) is 7.88. The van der Waals surface area contributed by atoms with Crippen molar-refractivity contribution in [1.82, 2.24) is 15.2 Å². The van der Waals surface area contributed by atoms with E-state index >= 15 is 0 Å². The molecule has 0 amide bonds. The van der Waals surface area contributed by atoms with Crippen molar-refractivity contribution < 1.29 is 4.79 Å². The molecule has 0 bridgehead atoms. The molecule has 0 saturated carbocycles. The maximum absolute atomic E-state index is 10.7. The van der Waals surface area contributed by atoms with Gasteiger partial charge in [0, 0.05) is 22.5 Å². The lowest BCUT2D eigenvalue weighted by atomic mass is 10.1. The lowest BCUT2D eigenvalue weighted by Crippen LogP contribution is -1.79. The van der Waals surface area contributed by atoms with E-state index in [1.807, 2.05) is 23.6 Å². The minimum atomic E-state index is 0.445. The SMILES string of the molecule is O=Cc1n[nH]c2cc(-c3nccs3)ccc12. The van der Waals surface area contributed by atoms with Crippen molar-refractivity contribution in [3.63, 3.8) is 0 Å². The minimum absolute atomic E-state index is 0.445. The van der Waals surface area contributed by atoms with Gasteiger partial charge >= 0.3 is 0 Å². The first kappa shape index (κ1) is 9.23. The van der Waals surface area contributed by atoms with E-state index in [4.69, 9.17) is 0 Å². The van der Waals surface area contributed by atoms with Crippen LogP contribution in [0.15, 0.2) is 29.8 Å². The number of hydrogen-bond donors (Lipinski definition) is 1. The molecule has 3 rings (SSSR count). The van der Waals surface area contributed by atoms with Gasteiger partial charge in [0.15, 0.2) is 6.29 Å². The maximum atomic E-state index is 10.7. The summed E-state index contributed by atoms with van der Waals surface area (Å²) >= 11 is 1.58. The maximum Gasteiger partial charge on any atom is 0.170 e. The Balaban J connectivity index is 2.21. The number of thiazole rings is 1. The fourth-order valence-corrected chi connectivity index (χ4v) is 2.27. The molecule has 0 fully saturated rings. The molecular formula is C11H7N3OS. The minimum Gasteiger partial charge on any atom is -0.296 e. The molecule has 2 aromatic heterocycles. The molecule has 3 aromatic rings. The van der Waals surface area contributed by atoms with Gasteiger partial charge in [0.25, 0.3) is 0 Å². The Bertz CT molecular complexity index is 642. The Morgan fingerprint density at radius 3 is 3.06 bits per heavy atom. The Labute approximate surface area is 95.0 Å². The average molecular weight is 229 g/mol. The Kier molecular flexibility index (Phi) is 2.04. The molecule has 0 aliphatic carbocycles. The number of H-pyrrole nitrogens is 1. The topological polar surface area (TPSA) is 58.6 Å². The predicted molar refractivity (Wildman–Crippen MR) is 62.6 cm³/mol. The van der Waals surface area contributed by atoms with Crippen LogP contribution in [-0.4, -0.2) is 21.5 Å². The van der Waals surface area contributed by atoms with Gasteiger partial charge in [0.05, 0.1) is 5.52 Å². The second-order valence-electron chi connectivity index (χ2n) is 3.32. The van der Waals surface area contributed by atoms with Gasteiger partial charge in [-0.3, -0.25) is 9.89 Å². The number of fused-ring (bicyclic) bond motifs is 1. The predicted octanol–water partition coefficient (Wildman–Crippen LogP) is 2.50. The number of carbonyl (C=O) groups excluding carboxylic acids is 1. The van der Waals surface area contributed by atoms with Crippen molar-refractivity contribution >= 4 is 28.5 Å². The number of nitrogens with one attached hydrogen (secondary N) is 1. The zero-order chi connectivity index (χ0) is 11.0. The summed E-state index contributed by atoms with van der Waals surface area (Å²) in [7, 11) is 0. The summed E-state index contributed by atoms with van der Waals surface area (Å²) in [5.41, 5.74) is 2.33. The first-order valence-corrected chi connectivity index (χ1v) is 5.59. The highest BCUT2D eigenvalue weighted by Crippen LogP contribution is 2.25. The standard InChI is InChI=1S/C11H7N3OS/c15-6-10-8-2-1-7(5-9(8)13-14-10)11-12-3-4-16-11/h1-6H,(H,13,14). The molecule has 0 aliphatic rings. The monoisotopic (exact) mass is 229 g/mol. The normalized spacial score (nSPS) is 10.8. The molecular weight excluding hydrogens is 222 g/mol. The van der Waals surface area contributed by atoms with Crippen molar-refractivity contribution in [2.75, 3.05) is 0 Å². The van der Waals surface area contributed by atoms with Crippen LogP contribution >= 0.6 is 11.3 Å². The lowest BCUT2D eigenvalue weighted by molar-refractivity contribution is 0.112. The van der Waals surface area contributed by atoms with E-state index < -0.39 is 0 Å². The van der Waals surface area contributed by atoms with Crippen LogP contribution in [0.2, 0.25) is 0 Å². The number of carbonyl (C=O) groups is 1. The highest BCUT2D eigenvalue weighted by molar-refractivity contribution is 7.13. The van der Waals surface area contributed by atoms with Gasteiger partial charge < -0.3 is 0 Å². The number of rotatable bonds is 2. The molecule has 0 spiro atoms. The summed E-state index contributed by atoms with van der Waals surface area (Å²) in [5, 5.41) is 10.5. The second-order valence-corrected chi connectivity index (χ2v) is 4.22. The van der Waals surface area contributed by atoms with E-state index in [1.165, 1.54) is 0 Å². The molecule has 1 aromatic carbocycles. The van der Waals surface area contributed by atoms with E-state index in [0.717, 1.165) is 27.8 Å². The van der Waals surface area contributed by atoms with Crippen molar-refractivity contribution in [2.24, 2.45) is 0 Å². The van der Waals surface area contributed by atoms with E-state index in [0.29, 0.717) is 5.69 Å². The fraction of sp³-hybridized carbons (Fsp3) is 0. The summed E-state index contributed by atoms with van der Waals surface area (Å²) in [4.78, 5) is 14.9. The zero-order valence-corrected chi connectivity index (χ0v) is 8.99. The van der Waals surface area contributed by atoms with Crippen LogP contribution in [0.1, 0.15) is 10.5 Å². The number of aromatic amines is 1. The third-order valence-electron chi connectivity index (χ3n) is 2.38. The third-order valence-corrected chi connectivity index (χ3v) is 3.21. The lowest BCUT2D eigenvalue weighted by Gasteiger charge is -1.95. The first-order valence-electron chi connectivity index (χ1n) is 4.71. The zero-order valence-electron chi connectivity index (χ0n) is 8.18. The molecule has 16 heavy (non-hydrogen) atoms. The molecule has 0 radical (unpaired) electrons. The summed E-state index contributed by atoms with van der Waals surface area (Å²) in [6, 6.07) is 5.79. The summed E-state index contributed by atoms with van der Waals surface area (Å²) < 4.78 is 0. The van der Waals surface area contributed by atoms with Crippen molar-refractivity contribution in [2.45, 2.75) is 0 Å². The third kappa shape index (κ3) is 1.33. The quantitative estimate of drug-likeness (QED) is 0.687. The van der Waals surface area contributed by atoms with Gasteiger partial charge in [0.1, 0.15) is 10.7 Å². The van der Waals surface area contributed by atoms with E-state index in [-0.39, 0.29) is 0 Å². The largest absolute Gasteiger partial charge is 0.296 e. The van der Waals surface area contributed by atoms with Crippen LogP contribution in [0, 0.1) is 0 Å². The fourth-order valence-electron chi connectivity index (χ4n) is 1.63. The van der Waals surface area contributed by atoms with Crippen molar-refractivity contribution in [3.05, 3.63) is 35.5 Å².